The number of amides is 1. The van der Waals surface area contributed by atoms with Crippen molar-refractivity contribution in [3.63, 3.8) is 0 Å². The maximum atomic E-state index is 12.2. The molecule has 0 atom stereocenters. The fourth-order valence-corrected chi connectivity index (χ4v) is 2.66. The van der Waals surface area contributed by atoms with E-state index < -0.39 is 0 Å². The van der Waals surface area contributed by atoms with Gasteiger partial charge in [0.2, 0.25) is 5.91 Å². The third-order valence-corrected chi connectivity index (χ3v) is 3.93. The lowest BCUT2D eigenvalue weighted by atomic mass is 10.1. The first-order valence-corrected chi connectivity index (χ1v) is 6.89. The summed E-state index contributed by atoms with van der Waals surface area (Å²) >= 11 is 0. The zero-order chi connectivity index (χ0) is 12.4. The molecule has 2 aliphatic rings. The van der Waals surface area contributed by atoms with Gasteiger partial charge in [0.15, 0.2) is 0 Å². The standard InChI is InChI=1S/C15H20N2O/c18-15(12-13-4-2-1-3-5-13)17-10-8-16(9-11-17)14-6-7-14/h1-5,14H,6-12H2. The van der Waals surface area contributed by atoms with E-state index >= 15 is 0 Å². The summed E-state index contributed by atoms with van der Waals surface area (Å²) in [4.78, 5) is 16.7. The van der Waals surface area contributed by atoms with Gasteiger partial charge < -0.3 is 4.90 Å². The highest BCUT2D eigenvalue weighted by atomic mass is 16.2. The van der Waals surface area contributed by atoms with Gasteiger partial charge in [-0.15, -0.1) is 0 Å². The summed E-state index contributed by atoms with van der Waals surface area (Å²) < 4.78 is 0. The minimum atomic E-state index is 0.275. The molecule has 3 heteroatoms. The monoisotopic (exact) mass is 244 g/mol. The summed E-state index contributed by atoms with van der Waals surface area (Å²) in [5, 5.41) is 0. The van der Waals surface area contributed by atoms with Crippen LogP contribution < -0.4 is 0 Å². The smallest absolute Gasteiger partial charge is 0.227 e. The van der Waals surface area contributed by atoms with E-state index in [1.54, 1.807) is 0 Å². The Labute approximate surface area is 108 Å². The van der Waals surface area contributed by atoms with Crippen LogP contribution in [-0.4, -0.2) is 47.9 Å². The lowest BCUT2D eigenvalue weighted by Crippen LogP contribution is -2.49. The molecule has 3 nitrogen and oxygen atoms in total. The van der Waals surface area contributed by atoms with Crippen molar-refractivity contribution in [3.8, 4) is 0 Å². The van der Waals surface area contributed by atoms with E-state index in [0.29, 0.717) is 6.42 Å². The first kappa shape index (κ1) is 11.7. The lowest BCUT2D eigenvalue weighted by Gasteiger charge is -2.34. The predicted molar refractivity (Wildman–Crippen MR) is 71.3 cm³/mol. The second-order valence-corrected chi connectivity index (χ2v) is 5.31. The van der Waals surface area contributed by atoms with Gasteiger partial charge in [-0.3, -0.25) is 9.69 Å². The van der Waals surface area contributed by atoms with Crippen molar-refractivity contribution in [3.05, 3.63) is 35.9 Å². The maximum Gasteiger partial charge on any atom is 0.227 e. The summed E-state index contributed by atoms with van der Waals surface area (Å²) in [6, 6.07) is 10.9. The Morgan fingerprint density at radius 1 is 1.06 bits per heavy atom. The number of carbonyl (C=O) groups excluding carboxylic acids is 1. The molecule has 0 aromatic heterocycles. The average molecular weight is 244 g/mol. The summed E-state index contributed by atoms with van der Waals surface area (Å²) in [7, 11) is 0. The Morgan fingerprint density at radius 2 is 1.72 bits per heavy atom. The molecule has 1 saturated heterocycles. The summed E-state index contributed by atoms with van der Waals surface area (Å²) in [5.74, 6) is 0.275. The molecule has 0 N–H and O–H groups in total. The fraction of sp³-hybridized carbons (Fsp3) is 0.533. The van der Waals surface area contributed by atoms with Crippen LogP contribution in [0.3, 0.4) is 0 Å². The largest absolute Gasteiger partial charge is 0.340 e. The summed E-state index contributed by atoms with van der Waals surface area (Å²) in [5.41, 5.74) is 1.12. The van der Waals surface area contributed by atoms with E-state index in [1.807, 2.05) is 35.2 Å². The van der Waals surface area contributed by atoms with Crippen LogP contribution in [0.4, 0.5) is 0 Å². The molecule has 0 radical (unpaired) electrons. The van der Waals surface area contributed by atoms with Crippen molar-refractivity contribution in [2.24, 2.45) is 0 Å². The zero-order valence-electron chi connectivity index (χ0n) is 10.7. The molecule has 1 saturated carbocycles. The van der Waals surface area contributed by atoms with Crippen LogP contribution >= 0.6 is 0 Å². The Morgan fingerprint density at radius 3 is 2.33 bits per heavy atom. The first-order chi connectivity index (χ1) is 8.83. The van der Waals surface area contributed by atoms with Crippen LogP contribution in [0.1, 0.15) is 18.4 Å². The minimum absolute atomic E-state index is 0.275. The van der Waals surface area contributed by atoms with Crippen LogP contribution in [-0.2, 0) is 11.2 Å². The van der Waals surface area contributed by atoms with Crippen LogP contribution in [0.5, 0.6) is 0 Å². The highest BCUT2D eigenvalue weighted by molar-refractivity contribution is 5.78. The topological polar surface area (TPSA) is 23.6 Å². The zero-order valence-corrected chi connectivity index (χ0v) is 10.7. The van der Waals surface area contributed by atoms with Crippen molar-refractivity contribution in [2.75, 3.05) is 26.2 Å². The van der Waals surface area contributed by atoms with Crippen LogP contribution in [0.2, 0.25) is 0 Å². The van der Waals surface area contributed by atoms with Gasteiger partial charge in [-0.25, -0.2) is 0 Å². The molecule has 1 aromatic carbocycles. The Balaban J connectivity index is 1.51. The molecule has 1 amide bonds. The van der Waals surface area contributed by atoms with E-state index in [4.69, 9.17) is 0 Å². The number of hydrogen-bond acceptors (Lipinski definition) is 2. The molecule has 1 aliphatic carbocycles. The van der Waals surface area contributed by atoms with Gasteiger partial charge in [0.05, 0.1) is 6.42 Å². The van der Waals surface area contributed by atoms with Gasteiger partial charge in [-0.1, -0.05) is 30.3 Å². The Kier molecular flexibility index (Phi) is 3.33. The maximum absolute atomic E-state index is 12.2. The Bertz CT molecular complexity index is 406. The number of nitrogens with zero attached hydrogens (tertiary/aromatic N) is 2. The third-order valence-electron chi connectivity index (χ3n) is 3.93. The number of benzene rings is 1. The predicted octanol–water partition coefficient (Wildman–Crippen LogP) is 1.54. The van der Waals surface area contributed by atoms with Crippen molar-refractivity contribution in [1.29, 1.82) is 0 Å². The molecule has 96 valence electrons. The van der Waals surface area contributed by atoms with Gasteiger partial charge in [0.1, 0.15) is 0 Å². The molecule has 1 heterocycles. The number of hydrogen-bond donors (Lipinski definition) is 0. The normalized spacial score (nSPS) is 21.0. The molecule has 2 fully saturated rings. The highest BCUT2D eigenvalue weighted by Crippen LogP contribution is 2.27. The van der Waals surface area contributed by atoms with E-state index in [0.717, 1.165) is 37.8 Å². The molecular weight excluding hydrogens is 224 g/mol. The van der Waals surface area contributed by atoms with Crippen LogP contribution in [0.25, 0.3) is 0 Å². The fourth-order valence-electron chi connectivity index (χ4n) is 2.66. The molecule has 0 bridgehead atoms. The highest BCUT2D eigenvalue weighted by Gasteiger charge is 2.32. The Hall–Kier alpha value is -1.35. The number of piperazine rings is 1. The van der Waals surface area contributed by atoms with Gasteiger partial charge in [0, 0.05) is 32.2 Å². The van der Waals surface area contributed by atoms with E-state index in [-0.39, 0.29) is 5.91 Å². The molecular formula is C15H20N2O. The molecule has 0 spiro atoms. The van der Waals surface area contributed by atoms with Crippen molar-refractivity contribution in [2.45, 2.75) is 25.3 Å². The van der Waals surface area contributed by atoms with Crippen LogP contribution in [0.15, 0.2) is 30.3 Å². The SMILES string of the molecule is O=C(Cc1ccccc1)N1CCN(C2CC2)CC1. The second-order valence-electron chi connectivity index (χ2n) is 5.31. The molecule has 1 aromatic rings. The van der Waals surface area contributed by atoms with E-state index in [2.05, 4.69) is 4.90 Å². The molecule has 3 rings (SSSR count). The quantitative estimate of drug-likeness (QED) is 0.805. The van der Waals surface area contributed by atoms with Gasteiger partial charge in [0.25, 0.3) is 0 Å². The minimum Gasteiger partial charge on any atom is -0.340 e. The summed E-state index contributed by atoms with van der Waals surface area (Å²) in [6.07, 6.45) is 3.26. The van der Waals surface area contributed by atoms with Gasteiger partial charge >= 0.3 is 0 Å². The molecule has 18 heavy (non-hydrogen) atoms. The average Bonchev–Trinajstić information content (AvgIpc) is 3.24. The van der Waals surface area contributed by atoms with E-state index in [1.165, 1.54) is 12.8 Å². The first-order valence-electron chi connectivity index (χ1n) is 6.89. The number of carbonyl (C=O) groups is 1. The lowest BCUT2D eigenvalue weighted by molar-refractivity contribution is -0.132. The van der Waals surface area contributed by atoms with Gasteiger partial charge in [-0.2, -0.15) is 0 Å². The molecule has 0 unspecified atom stereocenters. The van der Waals surface area contributed by atoms with Crippen molar-refractivity contribution in [1.82, 2.24) is 9.80 Å². The summed E-state index contributed by atoms with van der Waals surface area (Å²) in [6.45, 7) is 3.93. The van der Waals surface area contributed by atoms with Crippen molar-refractivity contribution >= 4 is 5.91 Å². The van der Waals surface area contributed by atoms with Crippen LogP contribution in [0, 0.1) is 0 Å². The second kappa shape index (κ2) is 5.11. The molecule has 1 aliphatic heterocycles. The van der Waals surface area contributed by atoms with Crippen molar-refractivity contribution < 1.29 is 4.79 Å². The van der Waals surface area contributed by atoms with Gasteiger partial charge in [-0.05, 0) is 18.4 Å². The van der Waals surface area contributed by atoms with E-state index in [9.17, 15) is 4.79 Å². The number of rotatable bonds is 3. The third kappa shape index (κ3) is 2.72.